The maximum Gasteiger partial charge on any atom is 0.230 e. The lowest BCUT2D eigenvalue weighted by Gasteiger charge is -2.37. The summed E-state index contributed by atoms with van der Waals surface area (Å²) in [6.45, 7) is 2.98. The second-order valence-electron chi connectivity index (χ2n) is 9.09. The van der Waals surface area contributed by atoms with Gasteiger partial charge in [-0.3, -0.25) is 4.79 Å². The molecule has 2 fully saturated rings. The van der Waals surface area contributed by atoms with E-state index in [9.17, 15) is 4.79 Å². The van der Waals surface area contributed by atoms with Crippen LogP contribution in [0.15, 0.2) is 42.5 Å². The van der Waals surface area contributed by atoms with E-state index in [-0.39, 0.29) is 17.9 Å². The topological polar surface area (TPSA) is 53.6 Å². The Morgan fingerprint density at radius 1 is 1.17 bits per heavy atom. The van der Waals surface area contributed by atoms with Crippen molar-refractivity contribution >= 4 is 11.6 Å². The predicted octanol–water partition coefficient (Wildman–Crippen LogP) is 3.75. The fourth-order valence-electron chi connectivity index (χ4n) is 5.27. The molecule has 5 heteroatoms. The van der Waals surface area contributed by atoms with Gasteiger partial charge in [0.15, 0.2) is 0 Å². The highest BCUT2D eigenvalue weighted by atomic mass is 16.5. The summed E-state index contributed by atoms with van der Waals surface area (Å²) in [6, 6.07) is 16.2. The second-order valence-corrected chi connectivity index (χ2v) is 9.09. The minimum Gasteiger partial charge on any atom is -0.496 e. The minimum absolute atomic E-state index is 0.179. The zero-order valence-corrected chi connectivity index (χ0v) is 18.0. The summed E-state index contributed by atoms with van der Waals surface area (Å²) >= 11 is 0. The van der Waals surface area contributed by atoms with Crippen LogP contribution in [0.25, 0.3) is 0 Å². The quantitative estimate of drug-likeness (QED) is 0.796. The molecule has 0 bridgehead atoms. The van der Waals surface area contributed by atoms with E-state index in [4.69, 9.17) is 4.74 Å². The zero-order chi connectivity index (χ0) is 20.8. The van der Waals surface area contributed by atoms with Crippen LogP contribution < -0.4 is 20.3 Å². The second kappa shape index (κ2) is 7.71. The molecule has 0 aromatic heterocycles. The normalized spacial score (nSPS) is 29.9. The van der Waals surface area contributed by atoms with E-state index in [1.54, 1.807) is 7.11 Å². The fraction of sp³-hybridized carbons (Fsp3) is 0.480. The van der Waals surface area contributed by atoms with Gasteiger partial charge in [0.25, 0.3) is 0 Å². The molecule has 2 aromatic carbocycles. The number of methoxy groups -OCH3 is 1. The molecular formula is C25H31N3O2. The van der Waals surface area contributed by atoms with Crippen LogP contribution in [0.2, 0.25) is 0 Å². The van der Waals surface area contributed by atoms with Crippen LogP contribution in [0.1, 0.15) is 54.8 Å². The Kier molecular flexibility index (Phi) is 5.03. The van der Waals surface area contributed by atoms with Crippen molar-refractivity contribution in [1.29, 1.82) is 0 Å². The van der Waals surface area contributed by atoms with Gasteiger partial charge in [0.1, 0.15) is 5.75 Å². The van der Waals surface area contributed by atoms with Gasteiger partial charge in [0.2, 0.25) is 5.91 Å². The third kappa shape index (κ3) is 3.40. The number of ether oxygens (including phenoxy) is 1. The molecule has 1 aliphatic carbocycles. The van der Waals surface area contributed by atoms with Crippen molar-refractivity contribution in [3.8, 4) is 5.75 Å². The van der Waals surface area contributed by atoms with E-state index in [1.807, 2.05) is 11.9 Å². The van der Waals surface area contributed by atoms with Crippen LogP contribution in [0.3, 0.4) is 0 Å². The van der Waals surface area contributed by atoms with Gasteiger partial charge < -0.3 is 20.3 Å². The van der Waals surface area contributed by atoms with Crippen LogP contribution in [-0.2, 0) is 11.3 Å². The summed E-state index contributed by atoms with van der Waals surface area (Å²) in [4.78, 5) is 14.3. The summed E-state index contributed by atoms with van der Waals surface area (Å²) in [7, 11) is 3.64. The number of anilines is 1. The summed E-state index contributed by atoms with van der Waals surface area (Å²) in [6.07, 6.45) is 3.26. The first kappa shape index (κ1) is 19.6. The van der Waals surface area contributed by atoms with Crippen LogP contribution >= 0.6 is 0 Å². The van der Waals surface area contributed by atoms with Crippen molar-refractivity contribution in [1.82, 2.24) is 10.6 Å². The number of nitrogens with zero attached hydrogens (tertiary/aromatic N) is 1. The third-order valence-electron chi connectivity index (χ3n) is 7.12. The Morgan fingerprint density at radius 3 is 2.73 bits per heavy atom. The van der Waals surface area contributed by atoms with Crippen molar-refractivity contribution < 1.29 is 9.53 Å². The smallest absolute Gasteiger partial charge is 0.230 e. The van der Waals surface area contributed by atoms with Crippen LogP contribution in [0.5, 0.6) is 5.75 Å². The molecule has 1 amide bonds. The molecule has 0 radical (unpaired) electrons. The van der Waals surface area contributed by atoms with E-state index in [0.29, 0.717) is 18.0 Å². The van der Waals surface area contributed by atoms with Crippen molar-refractivity contribution in [2.45, 2.75) is 56.8 Å². The predicted molar refractivity (Wildman–Crippen MR) is 119 cm³/mol. The summed E-state index contributed by atoms with van der Waals surface area (Å²) < 4.78 is 5.75. The number of fused-ring (bicyclic) bond motifs is 3. The van der Waals surface area contributed by atoms with Crippen molar-refractivity contribution in [3.05, 3.63) is 59.2 Å². The van der Waals surface area contributed by atoms with Gasteiger partial charge in [-0.25, -0.2) is 0 Å². The number of piperidine rings is 1. The van der Waals surface area contributed by atoms with Gasteiger partial charge in [0.05, 0.1) is 7.11 Å². The lowest BCUT2D eigenvalue weighted by Crippen LogP contribution is -2.49. The van der Waals surface area contributed by atoms with Gasteiger partial charge in [-0.05, 0) is 55.4 Å². The van der Waals surface area contributed by atoms with Crippen LogP contribution in [0.4, 0.5) is 5.69 Å². The van der Waals surface area contributed by atoms with E-state index in [2.05, 4.69) is 60.0 Å². The van der Waals surface area contributed by atoms with Gasteiger partial charge in [-0.2, -0.15) is 0 Å². The number of amides is 1. The Morgan fingerprint density at radius 2 is 1.97 bits per heavy atom. The molecule has 5 atom stereocenters. The standard InChI is InChI=1S/C25H31N3O2/c1-15-9-10-21(24(27-15)16-7-5-4-6-8-16)26-14-17-11-22-19(13-23(17)30-3)18-12-20(18)25(29)28(22)2/h4-8,11,13,15,18,20-21,24,26-27H,9-10,12,14H2,1-3H3/t15?,18-,20-,21?,24?/m0/s1. The Bertz CT molecular complexity index is 945. The van der Waals surface area contributed by atoms with E-state index in [0.717, 1.165) is 42.8 Å². The van der Waals surface area contributed by atoms with E-state index >= 15 is 0 Å². The molecule has 30 heavy (non-hydrogen) atoms. The van der Waals surface area contributed by atoms with E-state index in [1.165, 1.54) is 11.1 Å². The lowest BCUT2D eigenvalue weighted by molar-refractivity contribution is -0.119. The summed E-state index contributed by atoms with van der Waals surface area (Å²) in [5, 5.41) is 7.57. The highest BCUT2D eigenvalue weighted by molar-refractivity contribution is 6.01. The van der Waals surface area contributed by atoms with E-state index < -0.39 is 0 Å². The molecule has 0 spiro atoms. The van der Waals surface area contributed by atoms with Crippen molar-refractivity contribution in [3.63, 3.8) is 0 Å². The monoisotopic (exact) mass is 405 g/mol. The highest BCUT2D eigenvalue weighted by Gasteiger charge is 2.50. The molecule has 5 nitrogen and oxygen atoms in total. The van der Waals surface area contributed by atoms with Gasteiger partial charge in [-0.1, -0.05) is 30.3 Å². The molecule has 2 N–H and O–H groups in total. The third-order valence-corrected chi connectivity index (χ3v) is 7.12. The first-order chi connectivity index (χ1) is 14.6. The SMILES string of the molecule is COc1cc2c(cc1CNC1CCC(C)NC1c1ccccc1)N(C)C(=O)[C@H]1C[C@@H]21. The number of rotatable bonds is 5. The number of hydrogen-bond donors (Lipinski definition) is 2. The Balaban J connectivity index is 1.38. The molecule has 2 aromatic rings. The Labute approximate surface area is 178 Å². The Hall–Kier alpha value is -2.37. The number of hydrogen-bond acceptors (Lipinski definition) is 4. The van der Waals surface area contributed by atoms with Crippen molar-refractivity contribution in [2.24, 2.45) is 5.92 Å². The molecular weight excluding hydrogens is 374 g/mol. The molecule has 2 heterocycles. The largest absolute Gasteiger partial charge is 0.496 e. The minimum atomic E-state index is 0.179. The molecule has 3 unspecified atom stereocenters. The molecule has 5 rings (SSSR count). The van der Waals surface area contributed by atoms with Gasteiger partial charge in [0, 0.05) is 48.9 Å². The average Bonchev–Trinajstić information content (AvgIpc) is 3.58. The fourth-order valence-corrected chi connectivity index (χ4v) is 5.27. The molecule has 1 saturated carbocycles. The van der Waals surface area contributed by atoms with Crippen LogP contribution in [0, 0.1) is 5.92 Å². The lowest BCUT2D eigenvalue weighted by atomic mass is 9.89. The number of carbonyl (C=O) groups is 1. The molecule has 158 valence electrons. The maximum absolute atomic E-state index is 12.5. The molecule has 3 aliphatic rings. The zero-order valence-electron chi connectivity index (χ0n) is 18.0. The van der Waals surface area contributed by atoms with Gasteiger partial charge >= 0.3 is 0 Å². The van der Waals surface area contributed by atoms with Gasteiger partial charge in [-0.15, -0.1) is 0 Å². The maximum atomic E-state index is 12.5. The van der Waals surface area contributed by atoms with Crippen LogP contribution in [-0.4, -0.2) is 32.1 Å². The number of carbonyl (C=O) groups excluding carboxylic acids is 1. The average molecular weight is 406 g/mol. The first-order valence-electron chi connectivity index (χ1n) is 11.1. The number of nitrogens with one attached hydrogen (secondary N) is 2. The molecule has 2 aliphatic heterocycles. The number of benzene rings is 2. The highest BCUT2D eigenvalue weighted by Crippen LogP contribution is 2.56. The summed E-state index contributed by atoms with van der Waals surface area (Å²) in [5.74, 6) is 1.73. The summed E-state index contributed by atoms with van der Waals surface area (Å²) in [5.41, 5.74) is 4.74. The molecule has 1 saturated heterocycles. The van der Waals surface area contributed by atoms with Crippen molar-refractivity contribution in [2.75, 3.05) is 19.1 Å². The first-order valence-corrected chi connectivity index (χ1v) is 11.1.